The third-order valence-electron chi connectivity index (χ3n) is 4.36. The topological polar surface area (TPSA) is 83.1 Å². The van der Waals surface area contributed by atoms with Gasteiger partial charge in [-0.1, -0.05) is 43.8 Å². The van der Waals surface area contributed by atoms with Crippen LogP contribution in [0.5, 0.6) is 0 Å². The second-order valence-electron chi connectivity index (χ2n) is 7.09. The van der Waals surface area contributed by atoms with Crippen LogP contribution in [0.3, 0.4) is 0 Å². The molecule has 27 heavy (non-hydrogen) atoms. The van der Waals surface area contributed by atoms with E-state index in [-0.39, 0.29) is 12.0 Å². The number of nitrogens with one attached hydrogen (secondary N) is 2. The Kier molecular flexibility index (Phi) is 7.25. The predicted molar refractivity (Wildman–Crippen MR) is 106 cm³/mol. The fourth-order valence-electron chi connectivity index (χ4n) is 3.17. The summed E-state index contributed by atoms with van der Waals surface area (Å²) in [5, 5.41) is 10.4. The minimum absolute atomic E-state index is 0.0391. The number of benzene rings is 1. The van der Waals surface area contributed by atoms with Gasteiger partial charge in [-0.15, -0.1) is 0 Å². The van der Waals surface area contributed by atoms with Gasteiger partial charge in [-0.05, 0) is 17.5 Å². The van der Waals surface area contributed by atoms with Crippen LogP contribution in [-0.4, -0.2) is 64.9 Å². The first-order valence-corrected chi connectivity index (χ1v) is 10.3. The quantitative estimate of drug-likeness (QED) is 0.674. The van der Waals surface area contributed by atoms with Crippen molar-refractivity contribution in [3.05, 3.63) is 41.7 Å². The van der Waals surface area contributed by atoms with E-state index in [9.17, 15) is 4.79 Å². The van der Waals surface area contributed by atoms with E-state index in [2.05, 4.69) is 39.2 Å². The molecule has 8 heteroatoms. The number of morpholine rings is 1. The van der Waals surface area contributed by atoms with Crippen molar-refractivity contribution < 1.29 is 9.53 Å². The number of nitrogens with zero attached hydrogens (tertiary/aromatic N) is 3. The van der Waals surface area contributed by atoms with Gasteiger partial charge in [0, 0.05) is 37.5 Å². The number of amides is 1. The van der Waals surface area contributed by atoms with Crippen LogP contribution < -0.4 is 5.32 Å². The number of hydrogen-bond donors (Lipinski definition) is 2. The maximum atomic E-state index is 12.7. The molecular weight excluding hydrogens is 362 g/mol. The van der Waals surface area contributed by atoms with Gasteiger partial charge in [0.2, 0.25) is 0 Å². The summed E-state index contributed by atoms with van der Waals surface area (Å²) in [4.78, 5) is 19.2. The molecule has 3 rings (SSSR count). The van der Waals surface area contributed by atoms with E-state index in [4.69, 9.17) is 4.74 Å². The van der Waals surface area contributed by atoms with Crippen molar-refractivity contribution in [1.82, 2.24) is 25.4 Å². The Hall–Kier alpha value is -1.90. The van der Waals surface area contributed by atoms with Crippen molar-refractivity contribution in [2.45, 2.75) is 30.9 Å². The highest BCUT2D eigenvalue weighted by Crippen LogP contribution is 2.21. The van der Waals surface area contributed by atoms with Gasteiger partial charge in [0.15, 0.2) is 5.16 Å². The normalized spacial score (nSPS) is 18.0. The molecule has 0 spiro atoms. The molecule has 1 saturated heterocycles. The highest BCUT2D eigenvalue weighted by Gasteiger charge is 2.22. The number of H-pyrrole nitrogens is 1. The Bertz CT molecular complexity index is 723. The van der Waals surface area contributed by atoms with Gasteiger partial charge in [-0.2, -0.15) is 5.10 Å². The number of thioether (sulfide) groups is 1. The number of aromatic nitrogens is 3. The number of aromatic amines is 1. The van der Waals surface area contributed by atoms with Gasteiger partial charge in [0.05, 0.1) is 12.7 Å². The molecule has 1 fully saturated rings. The number of ether oxygens (including phenoxy) is 1. The van der Waals surface area contributed by atoms with Crippen LogP contribution >= 0.6 is 11.8 Å². The van der Waals surface area contributed by atoms with Gasteiger partial charge in [0.1, 0.15) is 6.33 Å². The van der Waals surface area contributed by atoms with Crippen LogP contribution in [0, 0.1) is 5.92 Å². The van der Waals surface area contributed by atoms with E-state index in [1.165, 1.54) is 18.1 Å². The minimum atomic E-state index is -0.0617. The maximum absolute atomic E-state index is 12.7. The molecule has 1 aliphatic heterocycles. The van der Waals surface area contributed by atoms with E-state index in [0.717, 1.165) is 37.0 Å². The SMILES string of the molecule is CC(C)CN1CCOC(CNC(=O)c2ccccc2CSc2ncn[nH]2)C1. The molecular formula is C19H27N5O2S. The average molecular weight is 390 g/mol. The zero-order valence-corrected chi connectivity index (χ0v) is 16.7. The van der Waals surface area contributed by atoms with Gasteiger partial charge in [-0.25, -0.2) is 4.98 Å². The van der Waals surface area contributed by atoms with Crippen LogP contribution in [-0.2, 0) is 10.5 Å². The van der Waals surface area contributed by atoms with Crippen LogP contribution in [0.4, 0.5) is 0 Å². The summed E-state index contributed by atoms with van der Waals surface area (Å²) >= 11 is 1.52. The molecule has 1 aromatic carbocycles. The molecule has 2 N–H and O–H groups in total. The standard InChI is InChI=1S/C19H27N5O2S/c1-14(2)10-24-7-8-26-16(11-24)9-20-18(25)17-6-4-3-5-15(17)12-27-19-21-13-22-23-19/h3-6,13-14,16H,7-12H2,1-2H3,(H,20,25)(H,21,22,23). The average Bonchev–Trinajstić information content (AvgIpc) is 3.18. The first-order valence-electron chi connectivity index (χ1n) is 9.30. The zero-order chi connectivity index (χ0) is 19.1. The Balaban J connectivity index is 1.53. The smallest absolute Gasteiger partial charge is 0.251 e. The number of rotatable bonds is 8. The molecule has 1 atom stereocenters. The van der Waals surface area contributed by atoms with E-state index < -0.39 is 0 Å². The summed E-state index contributed by atoms with van der Waals surface area (Å²) in [5.74, 6) is 1.22. The van der Waals surface area contributed by atoms with E-state index in [1.54, 1.807) is 0 Å². The van der Waals surface area contributed by atoms with Gasteiger partial charge in [-0.3, -0.25) is 14.8 Å². The first-order chi connectivity index (χ1) is 13.1. The second-order valence-corrected chi connectivity index (χ2v) is 8.06. The number of carbonyl (C=O) groups is 1. The molecule has 1 aliphatic rings. The molecule has 0 radical (unpaired) electrons. The lowest BCUT2D eigenvalue weighted by Crippen LogP contribution is -2.48. The molecule has 0 bridgehead atoms. The molecule has 1 amide bonds. The van der Waals surface area contributed by atoms with Crippen molar-refractivity contribution in [2.75, 3.05) is 32.8 Å². The first kappa shape index (κ1) is 19.9. The molecule has 0 aliphatic carbocycles. The number of carbonyl (C=O) groups excluding carboxylic acids is 1. The molecule has 1 aromatic heterocycles. The van der Waals surface area contributed by atoms with Crippen LogP contribution in [0.1, 0.15) is 29.8 Å². The summed E-state index contributed by atoms with van der Waals surface area (Å²) < 4.78 is 5.82. The highest BCUT2D eigenvalue weighted by atomic mass is 32.2. The molecule has 146 valence electrons. The van der Waals surface area contributed by atoms with E-state index >= 15 is 0 Å². The summed E-state index contributed by atoms with van der Waals surface area (Å²) in [6.07, 6.45) is 1.52. The minimum Gasteiger partial charge on any atom is -0.374 e. The van der Waals surface area contributed by atoms with Crippen molar-refractivity contribution in [2.24, 2.45) is 5.92 Å². The molecule has 2 aromatic rings. The van der Waals surface area contributed by atoms with Crippen LogP contribution in [0.15, 0.2) is 35.7 Å². The van der Waals surface area contributed by atoms with Crippen LogP contribution in [0.2, 0.25) is 0 Å². The molecule has 2 heterocycles. The van der Waals surface area contributed by atoms with Gasteiger partial charge < -0.3 is 10.1 Å². The van der Waals surface area contributed by atoms with Crippen molar-refractivity contribution in [1.29, 1.82) is 0 Å². The lowest BCUT2D eigenvalue weighted by molar-refractivity contribution is -0.0295. The van der Waals surface area contributed by atoms with E-state index in [1.807, 2.05) is 24.3 Å². The van der Waals surface area contributed by atoms with Gasteiger partial charge >= 0.3 is 0 Å². The second kappa shape index (κ2) is 9.87. The van der Waals surface area contributed by atoms with Crippen LogP contribution in [0.25, 0.3) is 0 Å². The maximum Gasteiger partial charge on any atom is 0.251 e. The van der Waals surface area contributed by atoms with Crippen molar-refractivity contribution in [3.63, 3.8) is 0 Å². The molecule has 0 saturated carbocycles. The molecule has 1 unspecified atom stereocenters. The van der Waals surface area contributed by atoms with E-state index in [0.29, 0.717) is 23.8 Å². The fraction of sp³-hybridized carbons (Fsp3) is 0.526. The lowest BCUT2D eigenvalue weighted by atomic mass is 10.1. The Morgan fingerprint density at radius 2 is 2.30 bits per heavy atom. The van der Waals surface area contributed by atoms with Crippen molar-refractivity contribution >= 4 is 17.7 Å². The third kappa shape index (κ3) is 6.05. The molecule has 7 nitrogen and oxygen atoms in total. The summed E-state index contributed by atoms with van der Waals surface area (Å²) in [6.45, 7) is 8.58. The largest absolute Gasteiger partial charge is 0.374 e. The monoisotopic (exact) mass is 389 g/mol. The lowest BCUT2D eigenvalue weighted by Gasteiger charge is -2.34. The third-order valence-corrected chi connectivity index (χ3v) is 5.28. The summed E-state index contributed by atoms with van der Waals surface area (Å²) in [5.41, 5.74) is 1.67. The fourth-order valence-corrected chi connectivity index (χ4v) is 3.95. The Morgan fingerprint density at radius 1 is 1.44 bits per heavy atom. The van der Waals surface area contributed by atoms with Gasteiger partial charge in [0.25, 0.3) is 5.91 Å². The summed E-state index contributed by atoms with van der Waals surface area (Å²) in [7, 11) is 0. The predicted octanol–water partition coefficient (Wildman–Crippen LogP) is 2.18. The number of hydrogen-bond acceptors (Lipinski definition) is 6. The Labute approximate surface area is 164 Å². The summed E-state index contributed by atoms with van der Waals surface area (Å²) in [6, 6.07) is 7.66. The highest BCUT2D eigenvalue weighted by molar-refractivity contribution is 7.98. The zero-order valence-electron chi connectivity index (χ0n) is 15.9. The Morgan fingerprint density at radius 3 is 3.07 bits per heavy atom. The van der Waals surface area contributed by atoms with Crippen molar-refractivity contribution in [3.8, 4) is 0 Å².